The van der Waals surface area contributed by atoms with Crippen molar-refractivity contribution >= 4 is 22.4 Å². The van der Waals surface area contributed by atoms with Crippen molar-refractivity contribution in [2.24, 2.45) is 5.92 Å². The van der Waals surface area contributed by atoms with Gasteiger partial charge in [-0.05, 0) is 74.5 Å². The smallest absolute Gasteiger partial charge is 0.257 e. The molecule has 1 aromatic heterocycles. The minimum absolute atomic E-state index is 0.0671. The number of hydrogen-bond donors (Lipinski definition) is 2. The van der Waals surface area contributed by atoms with Crippen molar-refractivity contribution in [3.63, 3.8) is 0 Å². The van der Waals surface area contributed by atoms with Gasteiger partial charge in [0.15, 0.2) is 5.13 Å². The number of nitrogens with one attached hydrogen (secondary N) is 2. The maximum Gasteiger partial charge on any atom is 0.257 e. The van der Waals surface area contributed by atoms with E-state index in [1.54, 1.807) is 0 Å². The largest absolute Gasteiger partial charge is 0.316 e. The number of rotatable bonds is 4. The Morgan fingerprint density at radius 3 is 3.04 bits per heavy atom. The predicted octanol–water partition coefficient (Wildman–Crippen LogP) is 3.32. The molecule has 1 unspecified atom stereocenters. The summed E-state index contributed by atoms with van der Waals surface area (Å²) in [4.78, 5) is 19.8. The first-order valence-corrected chi connectivity index (χ1v) is 10.9. The zero-order chi connectivity index (χ0) is 18.6. The number of nitrogens with zero attached hydrogens (tertiary/aromatic N) is 2. The van der Waals surface area contributed by atoms with Gasteiger partial charge in [-0.3, -0.25) is 15.0 Å². The van der Waals surface area contributed by atoms with E-state index in [0.717, 1.165) is 62.7 Å². The fourth-order valence-electron chi connectivity index (χ4n) is 4.08. The summed E-state index contributed by atoms with van der Waals surface area (Å²) in [5.74, 6) is 0.697. The summed E-state index contributed by atoms with van der Waals surface area (Å²) in [6.45, 7) is 7.47. The van der Waals surface area contributed by atoms with Crippen molar-refractivity contribution in [1.29, 1.82) is 0 Å². The number of fused-ring (bicyclic) bond motifs is 1. The molecule has 144 valence electrons. The maximum atomic E-state index is 12.7. The van der Waals surface area contributed by atoms with E-state index in [4.69, 9.17) is 0 Å². The van der Waals surface area contributed by atoms with Crippen molar-refractivity contribution in [1.82, 2.24) is 15.2 Å². The van der Waals surface area contributed by atoms with Crippen LogP contribution in [0, 0.1) is 5.92 Å². The van der Waals surface area contributed by atoms with Crippen molar-refractivity contribution < 1.29 is 4.79 Å². The van der Waals surface area contributed by atoms with Crippen LogP contribution in [-0.4, -0.2) is 42.0 Å². The molecule has 4 rings (SSSR count). The Bertz CT molecular complexity index is 803. The van der Waals surface area contributed by atoms with Crippen LogP contribution in [0.5, 0.6) is 0 Å². The quantitative estimate of drug-likeness (QED) is 0.849. The number of likely N-dealkylation sites (tertiary alicyclic amines) is 1. The fourth-order valence-corrected chi connectivity index (χ4v) is 4.78. The molecule has 1 amide bonds. The van der Waals surface area contributed by atoms with E-state index >= 15 is 0 Å². The lowest BCUT2D eigenvalue weighted by atomic mass is 10.00. The molecule has 1 atom stereocenters. The van der Waals surface area contributed by atoms with Gasteiger partial charge in [-0.25, -0.2) is 4.98 Å². The van der Waals surface area contributed by atoms with E-state index in [0.29, 0.717) is 5.13 Å². The van der Waals surface area contributed by atoms with Gasteiger partial charge in [0.2, 0.25) is 0 Å². The van der Waals surface area contributed by atoms with E-state index in [1.807, 2.05) is 12.1 Å². The monoisotopic (exact) mass is 384 g/mol. The molecule has 0 radical (unpaired) electrons. The summed E-state index contributed by atoms with van der Waals surface area (Å²) in [6.07, 6.45) is 4.60. The molecule has 2 aliphatic rings. The van der Waals surface area contributed by atoms with E-state index in [1.165, 1.54) is 35.3 Å². The summed E-state index contributed by atoms with van der Waals surface area (Å²) < 4.78 is 0. The van der Waals surface area contributed by atoms with Crippen LogP contribution in [-0.2, 0) is 19.4 Å². The lowest BCUT2D eigenvalue weighted by Gasteiger charge is -2.30. The molecule has 6 heteroatoms. The van der Waals surface area contributed by atoms with E-state index in [9.17, 15) is 4.79 Å². The highest BCUT2D eigenvalue weighted by molar-refractivity contribution is 7.13. The molecular weight excluding hydrogens is 356 g/mol. The van der Waals surface area contributed by atoms with Crippen LogP contribution in [0.1, 0.15) is 46.9 Å². The van der Waals surface area contributed by atoms with E-state index < -0.39 is 0 Å². The van der Waals surface area contributed by atoms with Gasteiger partial charge < -0.3 is 5.32 Å². The Hall–Kier alpha value is -1.76. The molecular formula is C21H28N4OS. The van der Waals surface area contributed by atoms with Crippen LogP contribution in [0.15, 0.2) is 23.6 Å². The molecule has 2 aliphatic heterocycles. The SMILES string of the molecule is CC1CCCN(Cc2csc(NC(=O)c3ccc4c(c3)CCNCC4)n2)C1. The number of thiazole rings is 1. The molecule has 0 saturated carbocycles. The molecule has 2 N–H and O–H groups in total. The zero-order valence-electron chi connectivity index (χ0n) is 16.0. The molecule has 3 heterocycles. The molecule has 1 fully saturated rings. The first-order chi connectivity index (χ1) is 13.2. The Labute approximate surface area is 165 Å². The van der Waals surface area contributed by atoms with Crippen molar-refractivity contribution in [2.75, 3.05) is 31.5 Å². The van der Waals surface area contributed by atoms with Gasteiger partial charge in [0.25, 0.3) is 5.91 Å². The minimum Gasteiger partial charge on any atom is -0.316 e. The average molecular weight is 385 g/mol. The maximum absolute atomic E-state index is 12.7. The van der Waals surface area contributed by atoms with E-state index in [-0.39, 0.29) is 5.91 Å². The van der Waals surface area contributed by atoms with Gasteiger partial charge >= 0.3 is 0 Å². The number of aromatic nitrogens is 1. The van der Waals surface area contributed by atoms with Gasteiger partial charge in [-0.1, -0.05) is 13.0 Å². The van der Waals surface area contributed by atoms with Crippen LogP contribution in [0.25, 0.3) is 0 Å². The third-order valence-corrected chi connectivity index (χ3v) is 6.32. The molecule has 1 saturated heterocycles. The molecule has 0 spiro atoms. The lowest BCUT2D eigenvalue weighted by Crippen LogP contribution is -2.33. The van der Waals surface area contributed by atoms with Gasteiger partial charge in [-0.15, -0.1) is 11.3 Å². The van der Waals surface area contributed by atoms with Crippen LogP contribution in [0.4, 0.5) is 5.13 Å². The lowest BCUT2D eigenvalue weighted by molar-refractivity contribution is 0.102. The van der Waals surface area contributed by atoms with Crippen LogP contribution >= 0.6 is 11.3 Å². The van der Waals surface area contributed by atoms with Gasteiger partial charge in [0.1, 0.15) is 0 Å². The second-order valence-corrected chi connectivity index (χ2v) is 8.67. The zero-order valence-corrected chi connectivity index (χ0v) is 16.8. The predicted molar refractivity (Wildman–Crippen MR) is 110 cm³/mol. The highest BCUT2D eigenvalue weighted by atomic mass is 32.1. The minimum atomic E-state index is -0.0671. The van der Waals surface area contributed by atoms with E-state index in [2.05, 4.69) is 38.9 Å². The van der Waals surface area contributed by atoms with Crippen LogP contribution in [0.3, 0.4) is 0 Å². The average Bonchev–Trinajstić information content (AvgIpc) is 2.95. The molecule has 5 nitrogen and oxygen atoms in total. The number of benzene rings is 1. The Morgan fingerprint density at radius 2 is 2.19 bits per heavy atom. The van der Waals surface area contributed by atoms with Crippen LogP contribution in [0.2, 0.25) is 0 Å². The van der Waals surface area contributed by atoms with Crippen molar-refractivity contribution in [3.8, 4) is 0 Å². The van der Waals surface area contributed by atoms with Gasteiger partial charge in [0.05, 0.1) is 5.69 Å². The third-order valence-electron chi connectivity index (χ3n) is 5.51. The Balaban J connectivity index is 1.38. The molecule has 2 aromatic rings. The normalized spacial score (nSPS) is 20.7. The van der Waals surface area contributed by atoms with Crippen molar-refractivity contribution in [3.05, 3.63) is 46.0 Å². The third kappa shape index (κ3) is 4.75. The second-order valence-electron chi connectivity index (χ2n) is 7.81. The standard InChI is InChI=1S/C21H28N4OS/c1-15-3-2-10-25(12-15)13-19-14-27-21(23-19)24-20(26)18-5-4-16-6-8-22-9-7-17(16)11-18/h4-5,11,14-15,22H,2-3,6-10,12-13H2,1H3,(H,23,24,26). The Morgan fingerprint density at radius 1 is 1.33 bits per heavy atom. The molecule has 27 heavy (non-hydrogen) atoms. The van der Waals surface area contributed by atoms with Crippen molar-refractivity contribution in [2.45, 2.75) is 39.2 Å². The summed E-state index contributed by atoms with van der Waals surface area (Å²) in [5.41, 5.74) is 4.41. The van der Waals surface area contributed by atoms with Gasteiger partial charge in [0, 0.05) is 24.0 Å². The number of anilines is 1. The number of carbonyl (C=O) groups is 1. The molecule has 1 aromatic carbocycles. The molecule has 0 bridgehead atoms. The topological polar surface area (TPSA) is 57.3 Å². The Kier molecular flexibility index (Phi) is 5.86. The fraction of sp³-hybridized carbons (Fsp3) is 0.524. The summed E-state index contributed by atoms with van der Waals surface area (Å²) in [6, 6.07) is 6.08. The first-order valence-electron chi connectivity index (χ1n) is 9.98. The summed E-state index contributed by atoms with van der Waals surface area (Å²) >= 11 is 1.51. The highest BCUT2D eigenvalue weighted by Crippen LogP contribution is 2.22. The summed E-state index contributed by atoms with van der Waals surface area (Å²) in [7, 11) is 0. The first kappa shape index (κ1) is 18.6. The highest BCUT2D eigenvalue weighted by Gasteiger charge is 2.18. The second kappa shape index (κ2) is 8.50. The summed E-state index contributed by atoms with van der Waals surface area (Å²) in [5, 5.41) is 9.15. The number of carbonyl (C=O) groups excluding carboxylic acids is 1. The van der Waals surface area contributed by atoms with Gasteiger partial charge in [-0.2, -0.15) is 0 Å². The number of piperidine rings is 1. The number of hydrogen-bond acceptors (Lipinski definition) is 5. The number of amides is 1. The molecule has 0 aliphatic carbocycles. The van der Waals surface area contributed by atoms with Crippen LogP contribution < -0.4 is 10.6 Å².